The predicted octanol–water partition coefficient (Wildman–Crippen LogP) is 1.63. The van der Waals surface area contributed by atoms with Crippen molar-refractivity contribution in [2.45, 2.75) is 19.9 Å². The lowest BCUT2D eigenvalue weighted by molar-refractivity contribution is 0.0943. The topological polar surface area (TPSA) is 110 Å². The van der Waals surface area contributed by atoms with E-state index >= 15 is 0 Å². The third kappa shape index (κ3) is 2.58. The fourth-order valence-electron chi connectivity index (χ4n) is 2.04. The fourth-order valence-corrected chi connectivity index (χ4v) is 2.04. The number of anilines is 1. The van der Waals surface area contributed by atoms with Crippen LogP contribution in [0.3, 0.4) is 0 Å². The number of hydrogen-bond acceptors (Lipinski definition) is 5. The number of rotatable bonds is 4. The van der Waals surface area contributed by atoms with Crippen molar-refractivity contribution in [2.24, 2.45) is 0 Å². The molecule has 1 aromatic carbocycles. The van der Waals surface area contributed by atoms with Gasteiger partial charge in [0.25, 0.3) is 5.91 Å². The van der Waals surface area contributed by atoms with Crippen LogP contribution in [0.15, 0.2) is 28.8 Å². The van der Waals surface area contributed by atoms with Gasteiger partial charge in [0.05, 0.1) is 18.3 Å². The first-order valence-electron chi connectivity index (χ1n) is 6.62. The van der Waals surface area contributed by atoms with Crippen molar-refractivity contribution >= 4 is 22.5 Å². The summed E-state index contributed by atoms with van der Waals surface area (Å²) in [6.07, 6.45) is 2.43. The highest BCUT2D eigenvalue weighted by Crippen LogP contribution is 2.18. The van der Waals surface area contributed by atoms with Gasteiger partial charge in [-0.2, -0.15) is 5.10 Å². The molecule has 7 heteroatoms. The second-order valence-corrected chi connectivity index (χ2v) is 4.63. The highest BCUT2D eigenvalue weighted by molar-refractivity contribution is 6.05. The number of benzene rings is 1. The van der Waals surface area contributed by atoms with Crippen molar-refractivity contribution in [1.29, 1.82) is 0 Å². The fraction of sp³-hybridized carbons (Fsp3) is 0.214. The molecule has 1 amide bonds. The van der Waals surface area contributed by atoms with E-state index in [4.69, 9.17) is 10.2 Å². The van der Waals surface area contributed by atoms with Gasteiger partial charge in [-0.25, -0.2) is 4.98 Å². The van der Waals surface area contributed by atoms with Gasteiger partial charge < -0.3 is 15.5 Å². The van der Waals surface area contributed by atoms with E-state index in [-0.39, 0.29) is 12.5 Å². The number of aromatic amines is 1. The number of nitrogen functional groups attached to an aromatic ring is 1. The van der Waals surface area contributed by atoms with Crippen LogP contribution in [0.2, 0.25) is 0 Å². The highest BCUT2D eigenvalue weighted by atomic mass is 16.4. The van der Waals surface area contributed by atoms with E-state index in [1.165, 1.54) is 0 Å². The van der Waals surface area contributed by atoms with Crippen LogP contribution < -0.4 is 11.1 Å². The van der Waals surface area contributed by atoms with Crippen LogP contribution in [-0.2, 0) is 13.0 Å². The maximum Gasteiger partial charge on any atom is 0.272 e. The van der Waals surface area contributed by atoms with Crippen molar-refractivity contribution < 1.29 is 9.21 Å². The minimum absolute atomic E-state index is 0.218. The Morgan fingerprint density at radius 2 is 2.33 bits per heavy atom. The molecule has 3 rings (SSSR count). The molecule has 0 radical (unpaired) electrons. The summed E-state index contributed by atoms with van der Waals surface area (Å²) in [5.41, 5.74) is 7.39. The lowest BCUT2D eigenvalue weighted by Gasteiger charge is -2.00. The van der Waals surface area contributed by atoms with Gasteiger partial charge in [-0.1, -0.05) is 6.92 Å². The van der Waals surface area contributed by atoms with Crippen molar-refractivity contribution in [3.63, 3.8) is 0 Å². The molecule has 0 bridgehead atoms. The minimum atomic E-state index is -0.303. The van der Waals surface area contributed by atoms with Gasteiger partial charge in [0.1, 0.15) is 5.76 Å². The minimum Gasteiger partial charge on any atom is -0.444 e. The molecule has 0 fully saturated rings. The zero-order chi connectivity index (χ0) is 14.8. The quantitative estimate of drug-likeness (QED) is 0.631. The van der Waals surface area contributed by atoms with Crippen molar-refractivity contribution in [3.8, 4) is 0 Å². The first kappa shape index (κ1) is 13.2. The van der Waals surface area contributed by atoms with E-state index in [9.17, 15) is 4.79 Å². The summed E-state index contributed by atoms with van der Waals surface area (Å²) < 4.78 is 5.43. The van der Waals surface area contributed by atoms with Crippen molar-refractivity contribution in [3.05, 3.63) is 41.7 Å². The standard InChI is InChI=1S/C14H15N5O2/c1-2-9-6-16-12(21-9)7-17-14(20)13-10-5-8(15)3-4-11(10)18-19-13/h3-6H,2,7,15H2,1H3,(H,17,20)(H,18,19). The van der Waals surface area contributed by atoms with E-state index in [1.54, 1.807) is 24.4 Å². The second kappa shape index (κ2) is 5.28. The van der Waals surface area contributed by atoms with E-state index < -0.39 is 0 Å². The number of nitrogens with zero attached hydrogens (tertiary/aromatic N) is 2. The van der Waals surface area contributed by atoms with Crippen LogP contribution in [0.25, 0.3) is 10.9 Å². The van der Waals surface area contributed by atoms with E-state index in [2.05, 4.69) is 20.5 Å². The zero-order valence-corrected chi connectivity index (χ0v) is 11.5. The van der Waals surface area contributed by atoms with Gasteiger partial charge in [-0.3, -0.25) is 9.89 Å². The molecular weight excluding hydrogens is 270 g/mol. The molecule has 0 aliphatic carbocycles. The third-order valence-electron chi connectivity index (χ3n) is 3.15. The van der Waals surface area contributed by atoms with Gasteiger partial charge in [-0.05, 0) is 18.2 Å². The zero-order valence-electron chi connectivity index (χ0n) is 11.5. The van der Waals surface area contributed by atoms with Gasteiger partial charge in [-0.15, -0.1) is 0 Å². The average Bonchev–Trinajstić information content (AvgIpc) is 3.10. The van der Waals surface area contributed by atoms with Gasteiger partial charge in [0.15, 0.2) is 5.69 Å². The van der Waals surface area contributed by atoms with Crippen LogP contribution in [0.5, 0.6) is 0 Å². The van der Waals surface area contributed by atoms with Crippen molar-refractivity contribution in [2.75, 3.05) is 5.73 Å². The molecule has 2 heterocycles. The summed E-state index contributed by atoms with van der Waals surface area (Å²) in [4.78, 5) is 16.3. The number of oxazole rings is 1. The van der Waals surface area contributed by atoms with E-state index in [1.807, 2.05) is 6.92 Å². The third-order valence-corrected chi connectivity index (χ3v) is 3.15. The molecule has 0 spiro atoms. The molecule has 4 N–H and O–H groups in total. The Kier molecular flexibility index (Phi) is 3.31. The predicted molar refractivity (Wildman–Crippen MR) is 77.6 cm³/mol. The SMILES string of the molecule is CCc1cnc(CNC(=O)c2n[nH]c3ccc(N)cc23)o1. The Balaban J connectivity index is 1.76. The number of carbonyl (C=O) groups excluding carboxylic acids is 1. The Morgan fingerprint density at radius 3 is 3.10 bits per heavy atom. The summed E-state index contributed by atoms with van der Waals surface area (Å²) in [5.74, 6) is 0.958. The number of nitrogens with one attached hydrogen (secondary N) is 2. The second-order valence-electron chi connectivity index (χ2n) is 4.63. The molecule has 3 aromatic rings. The molecule has 0 aliphatic heterocycles. The molecule has 0 saturated heterocycles. The average molecular weight is 285 g/mol. The molecule has 0 unspecified atom stereocenters. The Morgan fingerprint density at radius 1 is 1.48 bits per heavy atom. The lowest BCUT2D eigenvalue weighted by Crippen LogP contribution is -2.23. The smallest absolute Gasteiger partial charge is 0.272 e. The van der Waals surface area contributed by atoms with E-state index in [0.29, 0.717) is 22.7 Å². The monoisotopic (exact) mass is 285 g/mol. The maximum absolute atomic E-state index is 12.2. The number of amides is 1. The number of nitrogens with two attached hydrogens (primary N) is 1. The number of hydrogen-bond donors (Lipinski definition) is 3. The Hall–Kier alpha value is -2.83. The summed E-state index contributed by atoms with van der Waals surface area (Å²) in [6.45, 7) is 2.19. The molecule has 21 heavy (non-hydrogen) atoms. The van der Waals surface area contributed by atoms with Crippen LogP contribution in [0, 0.1) is 0 Å². The summed E-state index contributed by atoms with van der Waals surface area (Å²) in [7, 11) is 0. The number of aromatic nitrogens is 3. The van der Waals surface area contributed by atoms with Crippen LogP contribution in [-0.4, -0.2) is 21.1 Å². The Labute approximate surface area is 120 Å². The lowest BCUT2D eigenvalue weighted by atomic mass is 10.2. The highest BCUT2D eigenvalue weighted by Gasteiger charge is 2.15. The number of H-pyrrole nitrogens is 1. The van der Waals surface area contributed by atoms with E-state index in [0.717, 1.165) is 17.7 Å². The normalized spacial score (nSPS) is 10.9. The maximum atomic E-state index is 12.2. The molecule has 0 aliphatic rings. The van der Waals surface area contributed by atoms with Crippen LogP contribution in [0.1, 0.15) is 29.1 Å². The molecular formula is C14H15N5O2. The number of aryl methyl sites for hydroxylation is 1. The molecule has 7 nitrogen and oxygen atoms in total. The van der Waals surface area contributed by atoms with Gasteiger partial charge in [0.2, 0.25) is 5.89 Å². The largest absolute Gasteiger partial charge is 0.444 e. The molecule has 108 valence electrons. The summed E-state index contributed by atoms with van der Waals surface area (Å²) >= 11 is 0. The van der Waals surface area contributed by atoms with Crippen molar-refractivity contribution in [1.82, 2.24) is 20.5 Å². The summed E-state index contributed by atoms with van der Waals surface area (Å²) in [5, 5.41) is 10.2. The molecule has 0 atom stereocenters. The summed E-state index contributed by atoms with van der Waals surface area (Å²) in [6, 6.07) is 5.26. The van der Waals surface area contributed by atoms with Gasteiger partial charge in [0, 0.05) is 17.5 Å². The van der Waals surface area contributed by atoms with Crippen LogP contribution in [0.4, 0.5) is 5.69 Å². The molecule has 0 saturated carbocycles. The first-order chi connectivity index (χ1) is 10.2. The number of carbonyl (C=O) groups is 1. The van der Waals surface area contributed by atoms with Crippen LogP contribution >= 0.6 is 0 Å². The number of fused-ring (bicyclic) bond motifs is 1. The molecule has 2 aromatic heterocycles. The Bertz CT molecular complexity index is 790. The first-order valence-corrected chi connectivity index (χ1v) is 6.62. The van der Waals surface area contributed by atoms with Gasteiger partial charge >= 0.3 is 0 Å².